The van der Waals surface area contributed by atoms with Gasteiger partial charge in [-0.15, -0.1) is 12.4 Å². The van der Waals surface area contributed by atoms with Crippen molar-refractivity contribution in [3.05, 3.63) is 28.8 Å². The summed E-state index contributed by atoms with van der Waals surface area (Å²) in [5.41, 5.74) is 5.90. The number of sulfonamides is 1. The summed E-state index contributed by atoms with van der Waals surface area (Å²) in [6, 6.07) is 3.53. The average Bonchev–Trinajstić information content (AvgIpc) is 2.53. The lowest BCUT2D eigenvalue weighted by Crippen LogP contribution is -2.51. The molecule has 9 heteroatoms. The predicted molar refractivity (Wildman–Crippen MR) is 95.2 cm³/mol. The highest BCUT2D eigenvalue weighted by Gasteiger charge is 2.37. The van der Waals surface area contributed by atoms with Crippen LogP contribution in [0.1, 0.15) is 36.5 Å². The molecule has 0 radical (unpaired) electrons. The molecule has 2 unspecified atom stereocenters. The minimum atomic E-state index is -3.86. The highest BCUT2D eigenvalue weighted by atomic mass is 35.5. The molecule has 24 heavy (non-hydrogen) atoms. The minimum Gasteiger partial charge on any atom is -0.465 e. The van der Waals surface area contributed by atoms with Gasteiger partial charge in [0.25, 0.3) is 0 Å². The van der Waals surface area contributed by atoms with E-state index < -0.39 is 16.0 Å². The molecule has 0 spiro atoms. The van der Waals surface area contributed by atoms with Crippen molar-refractivity contribution in [1.82, 2.24) is 4.31 Å². The molecule has 1 heterocycles. The molecule has 1 aromatic rings. The third-order valence-electron chi connectivity index (χ3n) is 4.04. The zero-order valence-electron chi connectivity index (χ0n) is 13.6. The number of benzene rings is 1. The topological polar surface area (TPSA) is 89.7 Å². The van der Waals surface area contributed by atoms with Gasteiger partial charge in [-0.1, -0.05) is 18.0 Å². The van der Waals surface area contributed by atoms with Crippen molar-refractivity contribution in [2.24, 2.45) is 5.73 Å². The van der Waals surface area contributed by atoms with Gasteiger partial charge in [0.2, 0.25) is 10.0 Å². The molecule has 0 bridgehead atoms. The number of carbonyl (C=O) groups excluding carboxylic acids is 1. The Morgan fingerprint density at radius 2 is 2.08 bits per heavy atom. The molecule has 1 saturated heterocycles. The molecule has 136 valence electrons. The Balaban J connectivity index is 0.00000288. The maximum absolute atomic E-state index is 13.1. The Bertz CT molecular complexity index is 695. The number of methoxy groups -OCH3 is 1. The Labute approximate surface area is 153 Å². The first-order valence-corrected chi connectivity index (χ1v) is 9.26. The molecule has 0 saturated carbocycles. The van der Waals surface area contributed by atoms with Crippen LogP contribution >= 0.6 is 24.0 Å². The van der Waals surface area contributed by atoms with Crippen LogP contribution in [0, 0.1) is 0 Å². The fraction of sp³-hybridized carbons (Fsp3) is 0.533. The van der Waals surface area contributed by atoms with Gasteiger partial charge in [0, 0.05) is 23.7 Å². The van der Waals surface area contributed by atoms with E-state index in [-0.39, 0.29) is 40.0 Å². The van der Waals surface area contributed by atoms with Crippen LogP contribution in [0.3, 0.4) is 0 Å². The number of ether oxygens (including phenoxy) is 1. The van der Waals surface area contributed by atoms with Crippen molar-refractivity contribution in [2.45, 2.75) is 43.2 Å². The van der Waals surface area contributed by atoms with Gasteiger partial charge < -0.3 is 10.5 Å². The Kier molecular flexibility index (Phi) is 7.49. The van der Waals surface area contributed by atoms with Crippen molar-refractivity contribution in [3.8, 4) is 0 Å². The Morgan fingerprint density at radius 1 is 1.42 bits per heavy atom. The summed E-state index contributed by atoms with van der Waals surface area (Å²) in [6.07, 6.45) is 2.41. The second kappa shape index (κ2) is 8.49. The molecule has 1 aliphatic heterocycles. The quantitative estimate of drug-likeness (QED) is 0.789. The lowest BCUT2D eigenvalue weighted by atomic mass is 10.00. The van der Waals surface area contributed by atoms with E-state index in [9.17, 15) is 13.2 Å². The molecule has 1 fully saturated rings. The molecule has 0 amide bonds. The Morgan fingerprint density at radius 3 is 2.67 bits per heavy atom. The number of nitrogens with two attached hydrogens (primary N) is 1. The molecule has 1 aromatic carbocycles. The summed E-state index contributed by atoms with van der Waals surface area (Å²) in [5, 5.41) is 0.270. The van der Waals surface area contributed by atoms with E-state index in [0.29, 0.717) is 13.0 Å². The van der Waals surface area contributed by atoms with Crippen molar-refractivity contribution >= 4 is 40.0 Å². The SMILES string of the molecule is COC(=O)c1cc(Cl)ccc1S(=O)(=O)N1CCCCC1C(C)N.Cl. The van der Waals surface area contributed by atoms with Crippen molar-refractivity contribution in [2.75, 3.05) is 13.7 Å². The molecular formula is C15H22Cl2N2O4S. The number of esters is 1. The van der Waals surface area contributed by atoms with Crippen LogP contribution in [-0.2, 0) is 14.8 Å². The lowest BCUT2D eigenvalue weighted by Gasteiger charge is -2.37. The lowest BCUT2D eigenvalue weighted by molar-refractivity contribution is 0.0596. The Hall–Kier alpha value is -0.860. The number of hydrogen-bond acceptors (Lipinski definition) is 5. The normalized spacial score (nSPS) is 20.1. The van der Waals surface area contributed by atoms with Crippen LogP contribution in [0.4, 0.5) is 0 Å². The van der Waals surface area contributed by atoms with Gasteiger partial charge in [-0.3, -0.25) is 0 Å². The first-order chi connectivity index (χ1) is 10.8. The summed E-state index contributed by atoms with van der Waals surface area (Å²) in [6.45, 7) is 2.18. The summed E-state index contributed by atoms with van der Waals surface area (Å²) in [5.74, 6) is -0.736. The number of rotatable bonds is 4. The first-order valence-electron chi connectivity index (χ1n) is 7.44. The van der Waals surface area contributed by atoms with Crippen LogP contribution in [0.15, 0.2) is 23.1 Å². The van der Waals surface area contributed by atoms with E-state index in [4.69, 9.17) is 17.3 Å². The van der Waals surface area contributed by atoms with Crippen LogP contribution in [0.2, 0.25) is 5.02 Å². The summed E-state index contributed by atoms with van der Waals surface area (Å²) >= 11 is 5.90. The second-order valence-corrected chi connectivity index (χ2v) is 7.97. The number of piperidine rings is 1. The summed E-state index contributed by atoms with van der Waals surface area (Å²) < 4.78 is 32.2. The highest BCUT2D eigenvalue weighted by Crippen LogP contribution is 2.30. The maximum Gasteiger partial charge on any atom is 0.339 e. The summed E-state index contributed by atoms with van der Waals surface area (Å²) in [4.78, 5) is 11.8. The molecule has 0 aromatic heterocycles. The van der Waals surface area contributed by atoms with Crippen molar-refractivity contribution in [1.29, 1.82) is 0 Å². The van der Waals surface area contributed by atoms with E-state index in [2.05, 4.69) is 4.74 Å². The number of nitrogens with zero attached hydrogens (tertiary/aromatic N) is 1. The molecule has 0 aliphatic carbocycles. The minimum absolute atomic E-state index is 0. The van der Waals surface area contributed by atoms with Gasteiger partial charge >= 0.3 is 5.97 Å². The third-order valence-corrected chi connectivity index (χ3v) is 6.26. The molecule has 2 rings (SSSR count). The van der Waals surface area contributed by atoms with Crippen molar-refractivity contribution < 1.29 is 17.9 Å². The molecule has 2 N–H and O–H groups in total. The van der Waals surface area contributed by atoms with E-state index in [1.165, 1.54) is 29.6 Å². The fourth-order valence-electron chi connectivity index (χ4n) is 2.88. The van der Waals surface area contributed by atoms with Gasteiger partial charge in [0.15, 0.2) is 0 Å². The smallest absolute Gasteiger partial charge is 0.339 e. The third kappa shape index (κ3) is 4.21. The zero-order valence-corrected chi connectivity index (χ0v) is 16.0. The van der Waals surface area contributed by atoms with Gasteiger partial charge in [-0.2, -0.15) is 4.31 Å². The van der Waals surface area contributed by atoms with Gasteiger partial charge in [0.1, 0.15) is 0 Å². The van der Waals surface area contributed by atoms with Gasteiger partial charge in [0.05, 0.1) is 17.6 Å². The maximum atomic E-state index is 13.1. The van der Waals surface area contributed by atoms with Crippen LogP contribution in [0.25, 0.3) is 0 Å². The van der Waals surface area contributed by atoms with E-state index in [1.807, 2.05) is 0 Å². The standard InChI is InChI=1S/C15H21ClN2O4S.ClH/c1-10(17)13-5-3-4-8-18(13)23(20,21)14-7-6-11(16)9-12(14)15(19)22-2;/h6-7,9-10,13H,3-5,8,17H2,1-2H3;1H. The highest BCUT2D eigenvalue weighted by molar-refractivity contribution is 7.89. The monoisotopic (exact) mass is 396 g/mol. The van der Waals surface area contributed by atoms with E-state index >= 15 is 0 Å². The van der Waals surface area contributed by atoms with Crippen LogP contribution in [-0.4, -0.2) is 44.4 Å². The summed E-state index contributed by atoms with van der Waals surface area (Å²) in [7, 11) is -2.67. The number of hydrogen-bond donors (Lipinski definition) is 1. The number of carbonyl (C=O) groups is 1. The second-order valence-electron chi connectivity index (χ2n) is 5.67. The van der Waals surface area contributed by atoms with Crippen LogP contribution in [0.5, 0.6) is 0 Å². The first kappa shape index (κ1) is 21.2. The molecule has 2 atom stereocenters. The zero-order chi connectivity index (χ0) is 17.2. The molecular weight excluding hydrogens is 375 g/mol. The van der Waals surface area contributed by atoms with E-state index in [0.717, 1.165) is 12.8 Å². The van der Waals surface area contributed by atoms with E-state index in [1.54, 1.807) is 6.92 Å². The van der Waals surface area contributed by atoms with Gasteiger partial charge in [-0.25, -0.2) is 13.2 Å². The number of halogens is 2. The van der Waals surface area contributed by atoms with Crippen molar-refractivity contribution in [3.63, 3.8) is 0 Å². The van der Waals surface area contributed by atoms with Crippen LogP contribution < -0.4 is 5.73 Å². The fourth-order valence-corrected chi connectivity index (χ4v) is 4.99. The molecule has 6 nitrogen and oxygen atoms in total. The molecule has 1 aliphatic rings. The largest absolute Gasteiger partial charge is 0.465 e. The average molecular weight is 397 g/mol. The van der Waals surface area contributed by atoms with Gasteiger partial charge in [-0.05, 0) is 38.0 Å². The predicted octanol–water partition coefficient (Wildman–Crippen LogP) is 2.44.